The van der Waals surface area contributed by atoms with Crippen LogP contribution in [0.25, 0.3) is 0 Å². The number of aromatic carboxylic acids is 1. The maximum atomic E-state index is 11.9. The van der Waals surface area contributed by atoms with Gasteiger partial charge in [0.25, 0.3) is 0 Å². The highest BCUT2D eigenvalue weighted by Gasteiger charge is 2.19. The number of Topliss-reactive ketones (excluding diaryl/α,β-unsaturated/α-hetero) is 1. The summed E-state index contributed by atoms with van der Waals surface area (Å²) in [6, 6.07) is 5.58. The van der Waals surface area contributed by atoms with E-state index in [1.165, 1.54) is 76.0 Å². The van der Waals surface area contributed by atoms with Crippen LogP contribution in [0.3, 0.4) is 0 Å². The van der Waals surface area contributed by atoms with Gasteiger partial charge in [0.15, 0.2) is 5.78 Å². The number of ether oxygens (including phenoxy) is 5. The predicted octanol–water partition coefficient (Wildman–Crippen LogP) is 6.61. The van der Waals surface area contributed by atoms with E-state index in [4.69, 9.17) is 28.8 Å². The van der Waals surface area contributed by atoms with Gasteiger partial charge in [0, 0.05) is 39.6 Å². The molecule has 3 amide bonds. The van der Waals surface area contributed by atoms with Crippen LogP contribution in [0.2, 0.25) is 0 Å². The average molecular weight is 914 g/mol. The van der Waals surface area contributed by atoms with Gasteiger partial charge in [-0.3, -0.25) is 19.2 Å². The van der Waals surface area contributed by atoms with Crippen molar-refractivity contribution in [1.82, 2.24) is 16.0 Å². The second-order valence-corrected chi connectivity index (χ2v) is 16.0. The molecule has 1 rings (SSSR count). The maximum Gasteiger partial charge on any atom is 0.335 e. The van der Waals surface area contributed by atoms with Crippen LogP contribution >= 0.6 is 11.8 Å². The highest BCUT2D eigenvalue weighted by atomic mass is 32.2. The van der Waals surface area contributed by atoms with Gasteiger partial charge >= 0.3 is 11.9 Å². The molecular formula is C46H79N3O13S. The molecule has 0 aliphatic heterocycles. The zero-order chi connectivity index (χ0) is 46.6. The molecule has 0 aliphatic rings. The fourth-order valence-corrected chi connectivity index (χ4v) is 6.29. The number of hydrogen-bond acceptors (Lipinski definition) is 12. The summed E-state index contributed by atoms with van der Waals surface area (Å²) in [5.41, 5.74) is 0.286. The van der Waals surface area contributed by atoms with E-state index in [-0.39, 0.29) is 56.0 Å². The molecule has 16 nitrogen and oxygen atoms in total. The highest BCUT2D eigenvalue weighted by Crippen LogP contribution is 2.15. The minimum atomic E-state index is -1.11. The Bertz CT molecular complexity index is 1340. The number of carboxylic acids is 2. The summed E-state index contributed by atoms with van der Waals surface area (Å²) in [6.45, 7) is 5.49. The minimum absolute atomic E-state index is 0.00375. The number of hydrogen-bond donors (Lipinski definition) is 5. The summed E-state index contributed by atoms with van der Waals surface area (Å²) >= 11 is 1.43. The van der Waals surface area contributed by atoms with Gasteiger partial charge in [0.05, 0.1) is 44.4 Å². The molecule has 63 heavy (non-hydrogen) atoms. The molecule has 5 N–H and O–H groups in total. The van der Waals surface area contributed by atoms with Crippen LogP contribution in [0, 0.1) is 0 Å². The van der Waals surface area contributed by atoms with E-state index in [1.807, 2.05) is 6.26 Å². The van der Waals surface area contributed by atoms with Crippen molar-refractivity contribution in [3.63, 3.8) is 0 Å². The molecule has 17 heteroatoms. The van der Waals surface area contributed by atoms with Gasteiger partial charge in [0.2, 0.25) is 17.7 Å². The van der Waals surface area contributed by atoms with Crippen LogP contribution in [0.5, 0.6) is 5.75 Å². The standard InChI is InChI=1S/C25H41NO4.C21H38N2O9S/c1-2-20-26-24(27)15-13-11-9-7-5-3-4-6-8-10-12-14-21-30-23-18-16-22(17-19-23)25(28)29;1-29-10-11-31-14-17(24)6-5-9-30-12-13-32-15-19(25)23-18(21(27)28)7-3-4-8-22-20(26)16-33-2/h16-19H,2-15,20-21H2,1H3,(H,26,27)(H,28,29);18H,3-16H2,1-2H3,(H,22,26)(H,23,25)(H,27,28). The molecule has 0 bridgehead atoms. The first kappa shape index (κ1) is 59.2. The number of methoxy groups -OCH3 is 1. The van der Waals surface area contributed by atoms with Crippen LogP contribution in [-0.4, -0.2) is 137 Å². The lowest BCUT2D eigenvalue weighted by Crippen LogP contribution is -2.42. The molecule has 0 heterocycles. The maximum absolute atomic E-state index is 11.9. The van der Waals surface area contributed by atoms with Crippen molar-refractivity contribution < 1.29 is 62.7 Å². The van der Waals surface area contributed by atoms with Gasteiger partial charge in [-0.1, -0.05) is 71.1 Å². The van der Waals surface area contributed by atoms with Crippen molar-refractivity contribution in [1.29, 1.82) is 0 Å². The average Bonchev–Trinajstić information content (AvgIpc) is 3.26. The summed E-state index contributed by atoms with van der Waals surface area (Å²) in [4.78, 5) is 68.4. The predicted molar refractivity (Wildman–Crippen MR) is 246 cm³/mol. The molecule has 0 saturated carbocycles. The first-order valence-electron chi connectivity index (χ1n) is 22.8. The molecule has 1 aromatic carbocycles. The van der Waals surface area contributed by atoms with Gasteiger partial charge in [-0.05, 0) is 75.5 Å². The molecule has 1 unspecified atom stereocenters. The number of carboxylic acid groups (broad SMARTS) is 2. The number of unbranched alkanes of at least 4 members (excludes halogenated alkanes) is 12. The van der Waals surface area contributed by atoms with Crippen molar-refractivity contribution in [2.45, 2.75) is 135 Å². The van der Waals surface area contributed by atoms with Crippen molar-refractivity contribution in [2.75, 3.05) is 85.1 Å². The fraction of sp³-hybridized carbons (Fsp3) is 0.739. The number of thioether (sulfide) groups is 1. The molecule has 362 valence electrons. The Labute approximate surface area is 380 Å². The topological polar surface area (TPSA) is 225 Å². The molecule has 0 fully saturated rings. The van der Waals surface area contributed by atoms with Crippen molar-refractivity contribution in [3.05, 3.63) is 29.8 Å². The number of nitrogens with one attached hydrogen (secondary N) is 3. The molecule has 1 atom stereocenters. The Morgan fingerprint density at radius 3 is 1.79 bits per heavy atom. The largest absolute Gasteiger partial charge is 0.494 e. The number of aliphatic carboxylic acids is 1. The number of ketones is 1. The van der Waals surface area contributed by atoms with Gasteiger partial charge in [-0.15, -0.1) is 0 Å². The van der Waals surface area contributed by atoms with E-state index in [0.29, 0.717) is 70.8 Å². The van der Waals surface area contributed by atoms with E-state index in [2.05, 4.69) is 22.9 Å². The molecule has 0 radical (unpaired) electrons. The first-order valence-corrected chi connectivity index (χ1v) is 24.2. The summed E-state index contributed by atoms with van der Waals surface area (Å²) in [6.07, 6.45) is 20.7. The van der Waals surface area contributed by atoms with Crippen LogP contribution in [0.15, 0.2) is 24.3 Å². The Kier molecular flexibility index (Phi) is 40.9. The minimum Gasteiger partial charge on any atom is -0.494 e. The monoisotopic (exact) mass is 914 g/mol. The molecule has 0 saturated heterocycles. The van der Waals surface area contributed by atoms with E-state index < -0.39 is 23.9 Å². The van der Waals surface area contributed by atoms with E-state index in [9.17, 15) is 33.9 Å². The third kappa shape index (κ3) is 39.5. The number of benzene rings is 1. The second-order valence-electron chi connectivity index (χ2n) is 15.1. The molecule has 0 aromatic heterocycles. The van der Waals surface area contributed by atoms with E-state index in [1.54, 1.807) is 31.4 Å². The number of carbonyl (C=O) groups excluding carboxylic acids is 4. The summed E-state index contributed by atoms with van der Waals surface area (Å²) in [5, 5.41) is 26.2. The Morgan fingerprint density at radius 1 is 0.603 bits per heavy atom. The van der Waals surface area contributed by atoms with Gasteiger partial charge < -0.3 is 49.8 Å². The van der Waals surface area contributed by atoms with Gasteiger partial charge in [-0.25, -0.2) is 9.59 Å². The van der Waals surface area contributed by atoms with E-state index in [0.717, 1.165) is 31.6 Å². The smallest absolute Gasteiger partial charge is 0.335 e. The molecule has 0 spiro atoms. The number of rotatable bonds is 42. The van der Waals surface area contributed by atoms with Crippen LogP contribution in [0.1, 0.15) is 139 Å². The highest BCUT2D eigenvalue weighted by molar-refractivity contribution is 7.99. The molecule has 1 aromatic rings. The number of amides is 3. The fourth-order valence-electron chi connectivity index (χ4n) is 5.93. The summed E-state index contributed by atoms with van der Waals surface area (Å²) < 4.78 is 26.1. The van der Waals surface area contributed by atoms with Crippen molar-refractivity contribution in [3.8, 4) is 5.75 Å². The zero-order valence-electron chi connectivity index (χ0n) is 38.4. The molecule has 0 aliphatic carbocycles. The Hall–Kier alpha value is -3.77. The van der Waals surface area contributed by atoms with Crippen LogP contribution in [0.4, 0.5) is 0 Å². The zero-order valence-corrected chi connectivity index (χ0v) is 39.2. The lowest BCUT2D eigenvalue weighted by Gasteiger charge is -2.14. The SMILES string of the molecule is CCCNC(=O)CCCCCCCCCCCCCCOc1ccc(C(=O)O)cc1.COCCOCC(=O)CCCOCCOCC(=O)NC(CCCCNC(=O)CSC)C(=O)O. The van der Waals surface area contributed by atoms with Gasteiger partial charge in [0.1, 0.15) is 25.0 Å². The Morgan fingerprint density at radius 2 is 1.19 bits per heavy atom. The van der Waals surface area contributed by atoms with Crippen molar-refractivity contribution >= 4 is 47.2 Å². The summed E-state index contributed by atoms with van der Waals surface area (Å²) in [5.74, 6) is -1.27. The second kappa shape index (κ2) is 43.5. The Balaban J connectivity index is 0.00000122. The normalized spacial score (nSPS) is 11.2. The van der Waals surface area contributed by atoms with E-state index >= 15 is 0 Å². The third-order valence-corrected chi connectivity index (χ3v) is 9.99. The third-order valence-electron chi connectivity index (χ3n) is 9.44. The number of carbonyl (C=O) groups is 6. The molecular weight excluding hydrogens is 835 g/mol. The van der Waals surface area contributed by atoms with Crippen molar-refractivity contribution in [2.24, 2.45) is 0 Å². The van der Waals surface area contributed by atoms with Crippen LogP contribution < -0.4 is 20.7 Å². The van der Waals surface area contributed by atoms with Gasteiger partial charge in [-0.2, -0.15) is 11.8 Å². The lowest BCUT2D eigenvalue weighted by atomic mass is 10.0. The van der Waals surface area contributed by atoms with Crippen LogP contribution in [-0.2, 0) is 42.9 Å². The lowest BCUT2D eigenvalue weighted by molar-refractivity contribution is -0.142. The first-order chi connectivity index (χ1) is 30.5. The summed E-state index contributed by atoms with van der Waals surface area (Å²) in [7, 11) is 1.56. The quantitative estimate of drug-likeness (QED) is 0.0436.